The van der Waals surface area contributed by atoms with Crippen molar-refractivity contribution in [1.82, 2.24) is 5.32 Å². The van der Waals surface area contributed by atoms with Crippen molar-refractivity contribution in [2.45, 2.75) is 13.5 Å². The third-order valence-corrected chi connectivity index (χ3v) is 3.07. The molecule has 0 aromatic carbocycles. The van der Waals surface area contributed by atoms with Gasteiger partial charge in [-0.3, -0.25) is 4.79 Å². The summed E-state index contributed by atoms with van der Waals surface area (Å²) in [5.74, 6) is 0.0304. The first-order valence-corrected chi connectivity index (χ1v) is 5.60. The van der Waals surface area contributed by atoms with E-state index in [1.807, 2.05) is 12.3 Å². The summed E-state index contributed by atoms with van der Waals surface area (Å²) in [6.07, 6.45) is 0. The summed E-state index contributed by atoms with van der Waals surface area (Å²) in [7, 11) is 0. The number of carbonyl (C=O) groups excluding carboxylic acids is 1. The summed E-state index contributed by atoms with van der Waals surface area (Å²) in [6, 6.07) is 2.06. The van der Waals surface area contributed by atoms with Crippen LogP contribution in [-0.4, -0.2) is 11.2 Å². The Labute approximate surface area is 84.1 Å². The summed E-state index contributed by atoms with van der Waals surface area (Å²) in [5, 5.41) is 5.21. The van der Waals surface area contributed by atoms with E-state index in [-0.39, 0.29) is 5.91 Å². The molecule has 1 N–H and O–H groups in total. The molecule has 0 aliphatic carbocycles. The number of hydrogen-bond donors (Lipinski definition) is 1. The molecule has 1 rings (SSSR count). The van der Waals surface area contributed by atoms with Crippen molar-refractivity contribution < 1.29 is 4.79 Å². The number of hydrogen-bond acceptors (Lipinski definition) is 2. The minimum Gasteiger partial charge on any atom is -0.350 e. The Hall–Kier alpha value is -0.350. The lowest BCUT2D eigenvalue weighted by Gasteiger charge is -2.00. The molecule has 0 unspecified atom stereocenters. The maximum atomic E-state index is 10.9. The quantitative estimate of drug-likeness (QED) is 0.815. The fraction of sp³-hybridized carbons (Fsp3) is 0.375. The van der Waals surface area contributed by atoms with Crippen LogP contribution in [-0.2, 0) is 11.3 Å². The van der Waals surface area contributed by atoms with Crippen molar-refractivity contribution in [1.29, 1.82) is 0 Å². The van der Waals surface area contributed by atoms with Gasteiger partial charge in [-0.1, -0.05) is 15.9 Å². The Morgan fingerprint density at radius 1 is 1.75 bits per heavy atom. The van der Waals surface area contributed by atoms with Crippen LogP contribution >= 0.6 is 27.3 Å². The second-order valence-corrected chi connectivity index (χ2v) is 4.00. The topological polar surface area (TPSA) is 29.1 Å². The van der Waals surface area contributed by atoms with Crippen LogP contribution in [0.15, 0.2) is 11.4 Å². The van der Waals surface area contributed by atoms with Gasteiger partial charge in [-0.05, 0) is 23.9 Å². The number of thiophene rings is 1. The maximum absolute atomic E-state index is 10.9. The fourth-order valence-corrected chi connectivity index (χ4v) is 1.86. The van der Waals surface area contributed by atoms with Gasteiger partial charge in [0.15, 0.2) is 0 Å². The van der Waals surface area contributed by atoms with Gasteiger partial charge in [-0.25, -0.2) is 0 Å². The molecule has 0 aliphatic rings. The Balaban J connectivity index is 2.43. The standard InChI is InChI=1S/C8H10BrNOS/c1-6-2-3-12-7(6)5-10-8(11)4-9/h2-3H,4-5H2,1H3,(H,10,11). The lowest BCUT2D eigenvalue weighted by molar-refractivity contribution is -0.118. The molecule has 0 radical (unpaired) electrons. The van der Waals surface area contributed by atoms with Crippen molar-refractivity contribution in [3.63, 3.8) is 0 Å². The van der Waals surface area contributed by atoms with E-state index < -0.39 is 0 Å². The highest BCUT2D eigenvalue weighted by atomic mass is 79.9. The van der Waals surface area contributed by atoms with Crippen LogP contribution in [0.2, 0.25) is 0 Å². The van der Waals surface area contributed by atoms with Gasteiger partial charge in [0.05, 0.1) is 11.9 Å². The van der Waals surface area contributed by atoms with Crippen molar-refractivity contribution in [3.05, 3.63) is 21.9 Å². The zero-order valence-electron chi connectivity index (χ0n) is 6.76. The molecule has 1 aromatic heterocycles. The van der Waals surface area contributed by atoms with E-state index in [0.29, 0.717) is 11.9 Å². The fourth-order valence-electron chi connectivity index (χ4n) is 0.811. The molecule has 0 bridgehead atoms. The van der Waals surface area contributed by atoms with Gasteiger partial charge >= 0.3 is 0 Å². The predicted octanol–water partition coefficient (Wildman–Crippen LogP) is 2.07. The average Bonchev–Trinajstić information content (AvgIpc) is 2.47. The van der Waals surface area contributed by atoms with E-state index in [1.165, 1.54) is 10.4 Å². The summed E-state index contributed by atoms with van der Waals surface area (Å²) in [4.78, 5) is 12.1. The zero-order chi connectivity index (χ0) is 8.97. The van der Waals surface area contributed by atoms with Crippen molar-refractivity contribution in [2.24, 2.45) is 0 Å². The van der Waals surface area contributed by atoms with E-state index in [0.717, 1.165) is 0 Å². The van der Waals surface area contributed by atoms with Gasteiger partial charge in [0.25, 0.3) is 0 Å². The summed E-state index contributed by atoms with van der Waals surface area (Å²) in [6.45, 7) is 2.69. The van der Waals surface area contributed by atoms with Gasteiger partial charge in [0.1, 0.15) is 0 Å². The molecule has 12 heavy (non-hydrogen) atoms. The van der Waals surface area contributed by atoms with Crippen LogP contribution < -0.4 is 5.32 Å². The van der Waals surface area contributed by atoms with Crippen LogP contribution in [0.5, 0.6) is 0 Å². The lowest BCUT2D eigenvalue weighted by atomic mass is 10.3. The van der Waals surface area contributed by atoms with Gasteiger partial charge in [0.2, 0.25) is 5.91 Å². The van der Waals surface area contributed by atoms with Crippen LogP contribution in [0.3, 0.4) is 0 Å². The normalized spacial score (nSPS) is 9.83. The largest absolute Gasteiger partial charge is 0.350 e. The van der Waals surface area contributed by atoms with E-state index in [4.69, 9.17) is 0 Å². The first-order chi connectivity index (χ1) is 5.74. The number of alkyl halides is 1. The molecule has 1 heterocycles. The zero-order valence-corrected chi connectivity index (χ0v) is 9.17. The molecule has 0 spiro atoms. The number of amides is 1. The molecule has 0 atom stereocenters. The van der Waals surface area contributed by atoms with Gasteiger partial charge in [-0.2, -0.15) is 0 Å². The predicted molar refractivity (Wildman–Crippen MR) is 54.7 cm³/mol. The van der Waals surface area contributed by atoms with Crippen molar-refractivity contribution >= 4 is 33.2 Å². The van der Waals surface area contributed by atoms with E-state index in [9.17, 15) is 4.79 Å². The third-order valence-electron chi connectivity index (χ3n) is 1.54. The highest BCUT2D eigenvalue weighted by Gasteiger charge is 2.01. The van der Waals surface area contributed by atoms with E-state index in [1.54, 1.807) is 11.3 Å². The Morgan fingerprint density at radius 2 is 2.50 bits per heavy atom. The number of nitrogens with one attached hydrogen (secondary N) is 1. The molecular formula is C8H10BrNOS. The summed E-state index contributed by atoms with van der Waals surface area (Å²) < 4.78 is 0. The van der Waals surface area contributed by atoms with Gasteiger partial charge in [-0.15, -0.1) is 11.3 Å². The Bertz CT molecular complexity index is 272. The lowest BCUT2D eigenvalue weighted by Crippen LogP contribution is -2.23. The number of rotatable bonds is 3. The van der Waals surface area contributed by atoms with Crippen LogP contribution in [0.1, 0.15) is 10.4 Å². The van der Waals surface area contributed by atoms with Gasteiger partial charge < -0.3 is 5.32 Å². The Kier molecular flexibility index (Phi) is 3.75. The molecule has 0 saturated heterocycles. The van der Waals surface area contributed by atoms with E-state index in [2.05, 4.69) is 27.3 Å². The summed E-state index contributed by atoms with van der Waals surface area (Å²) in [5.41, 5.74) is 1.25. The molecule has 0 aliphatic heterocycles. The monoisotopic (exact) mass is 247 g/mol. The van der Waals surface area contributed by atoms with Crippen molar-refractivity contribution in [3.8, 4) is 0 Å². The molecule has 4 heteroatoms. The molecule has 66 valence electrons. The van der Waals surface area contributed by atoms with Crippen LogP contribution in [0.4, 0.5) is 0 Å². The maximum Gasteiger partial charge on any atom is 0.230 e. The first-order valence-electron chi connectivity index (χ1n) is 3.59. The third kappa shape index (κ3) is 2.60. The molecule has 0 fully saturated rings. The van der Waals surface area contributed by atoms with Crippen LogP contribution in [0.25, 0.3) is 0 Å². The van der Waals surface area contributed by atoms with E-state index >= 15 is 0 Å². The second kappa shape index (κ2) is 4.62. The minimum absolute atomic E-state index is 0.0304. The van der Waals surface area contributed by atoms with Crippen molar-refractivity contribution in [2.75, 3.05) is 5.33 Å². The second-order valence-electron chi connectivity index (χ2n) is 2.44. The molecule has 0 saturated carbocycles. The molecule has 1 aromatic rings. The number of halogens is 1. The van der Waals surface area contributed by atoms with Gasteiger partial charge in [0, 0.05) is 4.88 Å². The molecule has 2 nitrogen and oxygen atoms in total. The smallest absolute Gasteiger partial charge is 0.230 e. The SMILES string of the molecule is Cc1ccsc1CNC(=O)CBr. The Morgan fingerprint density at radius 3 is 3.00 bits per heavy atom. The average molecular weight is 248 g/mol. The first kappa shape index (κ1) is 9.74. The number of carbonyl (C=O) groups is 1. The van der Waals surface area contributed by atoms with Crippen LogP contribution in [0, 0.1) is 6.92 Å². The summed E-state index contributed by atoms with van der Waals surface area (Å²) >= 11 is 4.76. The molecule has 1 amide bonds. The minimum atomic E-state index is 0.0304. The highest BCUT2D eigenvalue weighted by molar-refractivity contribution is 9.09. The highest BCUT2D eigenvalue weighted by Crippen LogP contribution is 2.14. The molecular weight excluding hydrogens is 238 g/mol. The number of aryl methyl sites for hydroxylation is 1.